The van der Waals surface area contributed by atoms with Crippen molar-refractivity contribution in [2.45, 2.75) is 22.8 Å². The quantitative estimate of drug-likeness (QED) is 0.883. The summed E-state index contributed by atoms with van der Waals surface area (Å²) >= 11 is 1.62. The van der Waals surface area contributed by atoms with Crippen LogP contribution in [-0.4, -0.2) is 15.1 Å². The Morgan fingerprint density at radius 1 is 1.12 bits per heavy atom. The molecule has 0 radical (unpaired) electrons. The molecule has 0 amide bonds. The average molecular weight is 232 g/mol. The van der Waals surface area contributed by atoms with E-state index in [1.807, 2.05) is 24.3 Å². The summed E-state index contributed by atoms with van der Waals surface area (Å²) in [4.78, 5) is 10.3. The van der Waals surface area contributed by atoms with E-state index in [0.717, 1.165) is 9.79 Å². The average Bonchev–Trinajstić information content (AvgIpc) is 2.31. The third kappa shape index (κ3) is 2.81. The second kappa shape index (κ2) is 5.09. The zero-order valence-electron chi connectivity index (χ0n) is 8.87. The van der Waals surface area contributed by atoms with E-state index in [1.54, 1.807) is 37.3 Å². The summed E-state index contributed by atoms with van der Waals surface area (Å²) in [7, 11) is 0. The minimum absolute atomic E-state index is 0.514. The predicted octanol–water partition coefficient (Wildman–Crippen LogP) is 2.68. The summed E-state index contributed by atoms with van der Waals surface area (Å²) in [5.74, 6) is 0. The molecule has 1 atom stereocenters. The first kappa shape index (κ1) is 11.1. The monoisotopic (exact) mass is 232 g/mol. The van der Waals surface area contributed by atoms with Gasteiger partial charge in [-0.05, 0) is 31.2 Å². The first-order chi connectivity index (χ1) is 7.75. The van der Waals surface area contributed by atoms with Gasteiger partial charge in [0.05, 0.1) is 11.8 Å². The van der Waals surface area contributed by atoms with Gasteiger partial charge in [0.15, 0.2) is 0 Å². The van der Waals surface area contributed by atoms with Gasteiger partial charge in [-0.25, -0.2) is 0 Å². The smallest absolute Gasteiger partial charge is 0.0931 e. The van der Waals surface area contributed by atoms with Gasteiger partial charge in [-0.3, -0.25) is 9.97 Å². The number of hydrogen-bond donors (Lipinski definition) is 1. The van der Waals surface area contributed by atoms with Crippen LogP contribution in [0.2, 0.25) is 0 Å². The minimum atomic E-state index is -0.514. The summed E-state index contributed by atoms with van der Waals surface area (Å²) in [6.45, 7) is 1.71. The van der Waals surface area contributed by atoms with Crippen molar-refractivity contribution in [1.82, 2.24) is 9.97 Å². The summed E-state index contributed by atoms with van der Waals surface area (Å²) in [5, 5.41) is 9.33. The molecule has 0 saturated heterocycles. The van der Waals surface area contributed by atoms with Gasteiger partial charge in [0, 0.05) is 28.4 Å². The summed E-state index contributed by atoms with van der Waals surface area (Å²) in [6, 6.07) is 7.70. The molecule has 2 aromatic heterocycles. The third-order valence-electron chi connectivity index (χ3n) is 2.07. The molecule has 0 fully saturated rings. The van der Waals surface area contributed by atoms with Crippen LogP contribution in [0.4, 0.5) is 0 Å². The Labute approximate surface area is 98.6 Å². The topological polar surface area (TPSA) is 46.0 Å². The number of aromatic nitrogens is 2. The van der Waals surface area contributed by atoms with Crippen LogP contribution in [0.1, 0.15) is 18.7 Å². The second-order valence-electron chi connectivity index (χ2n) is 3.38. The van der Waals surface area contributed by atoms with Crippen LogP contribution in [0.3, 0.4) is 0 Å². The first-order valence-electron chi connectivity index (χ1n) is 4.97. The van der Waals surface area contributed by atoms with Crippen molar-refractivity contribution in [3.8, 4) is 0 Å². The van der Waals surface area contributed by atoms with Crippen LogP contribution >= 0.6 is 11.8 Å². The lowest BCUT2D eigenvalue weighted by atomic mass is 10.2. The second-order valence-corrected chi connectivity index (χ2v) is 4.53. The van der Waals surface area contributed by atoms with Crippen molar-refractivity contribution >= 4 is 11.8 Å². The van der Waals surface area contributed by atoms with E-state index in [-0.39, 0.29) is 0 Å². The molecule has 0 spiro atoms. The Kier molecular flexibility index (Phi) is 3.54. The third-order valence-corrected chi connectivity index (χ3v) is 3.06. The lowest BCUT2D eigenvalue weighted by molar-refractivity contribution is 0.194. The summed E-state index contributed by atoms with van der Waals surface area (Å²) in [5.41, 5.74) is 0.694. The maximum atomic E-state index is 9.33. The highest BCUT2D eigenvalue weighted by molar-refractivity contribution is 7.99. The van der Waals surface area contributed by atoms with Crippen LogP contribution in [0, 0.1) is 0 Å². The van der Waals surface area contributed by atoms with Gasteiger partial charge < -0.3 is 5.11 Å². The van der Waals surface area contributed by atoms with E-state index in [1.165, 1.54) is 0 Å². The molecule has 1 unspecified atom stereocenters. The van der Waals surface area contributed by atoms with Crippen molar-refractivity contribution < 1.29 is 5.11 Å². The zero-order chi connectivity index (χ0) is 11.4. The van der Waals surface area contributed by atoms with Crippen molar-refractivity contribution in [3.05, 3.63) is 48.5 Å². The van der Waals surface area contributed by atoms with Gasteiger partial charge in [-0.1, -0.05) is 11.8 Å². The van der Waals surface area contributed by atoms with Crippen molar-refractivity contribution in [2.24, 2.45) is 0 Å². The fourth-order valence-corrected chi connectivity index (χ4v) is 2.01. The normalized spacial score (nSPS) is 12.4. The Bertz CT molecular complexity index is 442. The molecule has 2 heterocycles. The lowest BCUT2D eigenvalue weighted by Gasteiger charge is -2.04. The SMILES string of the molecule is CC(O)c1ccc(Sc2ccncc2)cn1. The fraction of sp³-hybridized carbons (Fsp3) is 0.167. The highest BCUT2D eigenvalue weighted by Gasteiger charge is 2.02. The van der Waals surface area contributed by atoms with Gasteiger partial charge in [0.1, 0.15) is 0 Å². The standard InChI is InChI=1S/C12H12N2OS/c1-9(15)12-3-2-11(8-14-12)16-10-4-6-13-7-5-10/h2-9,15H,1H3. The Balaban J connectivity index is 2.11. The predicted molar refractivity (Wildman–Crippen MR) is 63.2 cm³/mol. The number of aliphatic hydroxyl groups is 1. The Hall–Kier alpha value is -1.39. The van der Waals surface area contributed by atoms with E-state index in [9.17, 15) is 5.11 Å². The van der Waals surface area contributed by atoms with Crippen LogP contribution in [-0.2, 0) is 0 Å². The molecule has 0 aliphatic rings. The molecule has 0 bridgehead atoms. The number of rotatable bonds is 3. The van der Waals surface area contributed by atoms with Crippen LogP contribution in [0.15, 0.2) is 52.6 Å². The van der Waals surface area contributed by atoms with Crippen LogP contribution < -0.4 is 0 Å². The molecule has 4 heteroatoms. The van der Waals surface area contributed by atoms with Gasteiger partial charge in [0.2, 0.25) is 0 Å². The van der Waals surface area contributed by atoms with Gasteiger partial charge in [0.25, 0.3) is 0 Å². The van der Waals surface area contributed by atoms with Crippen molar-refractivity contribution in [2.75, 3.05) is 0 Å². The molecule has 0 aliphatic heterocycles. The lowest BCUT2D eigenvalue weighted by Crippen LogP contribution is -1.94. The maximum Gasteiger partial charge on any atom is 0.0931 e. The number of pyridine rings is 2. The Morgan fingerprint density at radius 3 is 2.44 bits per heavy atom. The summed E-state index contributed by atoms with van der Waals surface area (Å²) in [6.07, 6.45) is 4.78. The molecular weight excluding hydrogens is 220 g/mol. The van der Waals surface area contributed by atoms with Gasteiger partial charge in [-0.2, -0.15) is 0 Å². The number of hydrogen-bond acceptors (Lipinski definition) is 4. The largest absolute Gasteiger partial charge is 0.387 e. The first-order valence-corrected chi connectivity index (χ1v) is 5.79. The number of nitrogens with zero attached hydrogens (tertiary/aromatic N) is 2. The van der Waals surface area contributed by atoms with E-state index in [2.05, 4.69) is 9.97 Å². The molecule has 0 aliphatic carbocycles. The highest BCUT2D eigenvalue weighted by atomic mass is 32.2. The zero-order valence-corrected chi connectivity index (χ0v) is 9.69. The molecule has 3 nitrogen and oxygen atoms in total. The molecule has 2 rings (SSSR count). The fourth-order valence-electron chi connectivity index (χ4n) is 1.24. The van der Waals surface area contributed by atoms with Crippen LogP contribution in [0.5, 0.6) is 0 Å². The molecule has 1 N–H and O–H groups in total. The maximum absolute atomic E-state index is 9.33. The Morgan fingerprint density at radius 2 is 1.88 bits per heavy atom. The van der Waals surface area contributed by atoms with E-state index in [4.69, 9.17) is 0 Å². The molecule has 82 valence electrons. The molecule has 0 saturated carbocycles. The highest BCUT2D eigenvalue weighted by Crippen LogP contribution is 2.26. The van der Waals surface area contributed by atoms with E-state index < -0.39 is 6.10 Å². The van der Waals surface area contributed by atoms with Crippen molar-refractivity contribution in [3.63, 3.8) is 0 Å². The van der Waals surface area contributed by atoms with Crippen molar-refractivity contribution in [1.29, 1.82) is 0 Å². The molecule has 0 aromatic carbocycles. The molecule has 2 aromatic rings. The van der Waals surface area contributed by atoms with E-state index in [0.29, 0.717) is 5.69 Å². The molecular formula is C12H12N2OS. The van der Waals surface area contributed by atoms with E-state index >= 15 is 0 Å². The van der Waals surface area contributed by atoms with Crippen LogP contribution in [0.25, 0.3) is 0 Å². The number of aliphatic hydroxyl groups excluding tert-OH is 1. The van der Waals surface area contributed by atoms with Gasteiger partial charge >= 0.3 is 0 Å². The minimum Gasteiger partial charge on any atom is -0.387 e. The molecule has 16 heavy (non-hydrogen) atoms. The van der Waals surface area contributed by atoms with Gasteiger partial charge in [-0.15, -0.1) is 0 Å². The summed E-state index contributed by atoms with van der Waals surface area (Å²) < 4.78 is 0.